The maximum Gasteiger partial charge on any atom is 0.149 e. The first kappa shape index (κ1) is 13.2. The Morgan fingerprint density at radius 1 is 1.53 bits per heavy atom. The van der Waals surface area contributed by atoms with Gasteiger partial charge < -0.3 is 0 Å². The van der Waals surface area contributed by atoms with E-state index in [4.69, 9.17) is 0 Å². The van der Waals surface area contributed by atoms with E-state index in [0.717, 1.165) is 24.0 Å². The largest absolute Gasteiger partial charge is 0.298 e. The van der Waals surface area contributed by atoms with E-state index in [1.807, 2.05) is 6.92 Å². The summed E-state index contributed by atoms with van der Waals surface area (Å²) in [5.41, 5.74) is 1.90. The van der Waals surface area contributed by atoms with Crippen LogP contribution in [0.4, 0.5) is 4.39 Å². The lowest BCUT2D eigenvalue weighted by Gasteiger charge is -2.11. The number of carbonyl (C=O) groups excluding carboxylic acids is 1. The number of halogens is 3. The van der Waals surface area contributed by atoms with Crippen LogP contribution in [0.25, 0.3) is 0 Å². The summed E-state index contributed by atoms with van der Waals surface area (Å²) in [7, 11) is 0. The molecular formula is C13H13Br2FO. The molecule has 17 heavy (non-hydrogen) atoms. The summed E-state index contributed by atoms with van der Waals surface area (Å²) < 4.78 is 13.7. The van der Waals surface area contributed by atoms with E-state index < -0.39 is 0 Å². The lowest BCUT2D eigenvalue weighted by atomic mass is 10.0. The lowest BCUT2D eigenvalue weighted by molar-refractivity contribution is -0.119. The van der Waals surface area contributed by atoms with Crippen LogP contribution < -0.4 is 0 Å². The molecule has 1 saturated carbocycles. The molecule has 0 radical (unpaired) electrons. The number of hydrogen-bond donors (Lipinski definition) is 0. The van der Waals surface area contributed by atoms with E-state index in [0.29, 0.717) is 10.9 Å². The molecule has 1 aromatic carbocycles. The molecule has 4 heteroatoms. The SMILES string of the molecule is Cc1cc(F)c(Br)cc1CC(Br)C(=O)C1CC1. The summed E-state index contributed by atoms with van der Waals surface area (Å²) in [6.07, 6.45) is 2.67. The van der Waals surface area contributed by atoms with Crippen molar-refractivity contribution in [1.29, 1.82) is 0 Å². The van der Waals surface area contributed by atoms with Crippen LogP contribution in [-0.4, -0.2) is 10.6 Å². The first-order valence-electron chi connectivity index (χ1n) is 5.61. The predicted molar refractivity (Wildman–Crippen MR) is 73.0 cm³/mol. The van der Waals surface area contributed by atoms with Crippen molar-refractivity contribution in [3.8, 4) is 0 Å². The van der Waals surface area contributed by atoms with Gasteiger partial charge in [0.2, 0.25) is 0 Å². The minimum atomic E-state index is -0.258. The van der Waals surface area contributed by atoms with E-state index in [2.05, 4.69) is 31.9 Å². The van der Waals surface area contributed by atoms with E-state index in [9.17, 15) is 9.18 Å². The van der Waals surface area contributed by atoms with Gasteiger partial charge in [-0.1, -0.05) is 15.9 Å². The lowest BCUT2D eigenvalue weighted by Crippen LogP contribution is -2.18. The molecule has 1 fully saturated rings. The molecule has 0 saturated heterocycles. The Labute approximate surface area is 117 Å². The minimum absolute atomic E-state index is 0.147. The highest BCUT2D eigenvalue weighted by Crippen LogP contribution is 2.33. The number of carbonyl (C=O) groups is 1. The number of hydrogen-bond acceptors (Lipinski definition) is 1. The second-order valence-electron chi connectivity index (χ2n) is 4.54. The summed E-state index contributed by atoms with van der Waals surface area (Å²) in [5.74, 6) is 0.277. The molecule has 0 aliphatic heterocycles. The molecule has 0 amide bonds. The van der Waals surface area contributed by atoms with Crippen molar-refractivity contribution >= 4 is 37.6 Å². The molecule has 0 N–H and O–H groups in total. The number of alkyl halides is 1. The van der Waals surface area contributed by atoms with E-state index >= 15 is 0 Å². The molecule has 1 aliphatic carbocycles. The Morgan fingerprint density at radius 3 is 2.76 bits per heavy atom. The van der Waals surface area contributed by atoms with E-state index in [1.165, 1.54) is 6.07 Å². The highest BCUT2D eigenvalue weighted by Gasteiger charge is 2.33. The summed E-state index contributed by atoms with van der Waals surface area (Å²) in [6.45, 7) is 1.87. The van der Waals surface area contributed by atoms with Gasteiger partial charge >= 0.3 is 0 Å². The van der Waals surface area contributed by atoms with Crippen LogP contribution in [0.15, 0.2) is 16.6 Å². The van der Waals surface area contributed by atoms with Crippen LogP contribution in [0.1, 0.15) is 24.0 Å². The van der Waals surface area contributed by atoms with Crippen molar-refractivity contribution in [2.75, 3.05) is 0 Å². The topological polar surface area (TPSA) is 17.1 Å². The number of Topliss-reactive ketones (excluding diaryl/α,β-unsaturated/α-hetero) is 1. The molecule has 1 atom stereocenters. The summed E-state index contributed by atoms with van der Waals surface area (Å²) in [6, 6.07) is 3.26. The third-order valence-electron chi connectivity index (χ3n) is 3.07. The molecule has 1 aromatic rings. The maximum atomic E-state index is 13.3. The standard InChI is InChI=1S/C13H13Br2FO/c1-7-4-12(16)10(14)5-9(7)6-11(15)13(17)8-2-3-8/h4-5,8,11H,2-3,6H2,1H3. The van der Waals surface area contributed by atoms with Crippen LogP contribution >= 0.6 is 31.9 Å². The van der Waals surface area contributed by atoms with Crippen molar-refractivity contribution < 1.29 is 9.18 Å². The van der Waals surface area contributed by atoms with E-state index in [1.54, 1.807) is 6.07 Å². The first-order chi connectivity index (χ1) is 7.99. The molecule has 0 heterocycles. The third kappa shape index (κ3) is 3.16. The monoisotopic (exact) mass is 362 g/mol. The van der Waals surface area contributed by atoms with Gasteiger partial charge in [0.25, 0.3) is 0 Å². The fourth-order valence-electron chi connectivity index (χ4n) is 1.82. The van der Waals surface area contributed by atoms with Crippen molar-refractivity contribution in [3.63, 3.8) is 0 Å². The molecule has 1 unspecified atom stereocenters. The highest BCUT2D eigenvalue weighted by atomic mass is 79.9. The normalized spacial score (nSPS) is 16.9. The molecule has 92 valence electrons. The van der Waals surface area contributed by atoms with Gasteiger partial charge in [0.1, 0.15) is 11.6 Å². The second kappa shape index (κ2) is 5.19. The Kier molecular flexibility index (Phi) is 4.03. The Morgan fingerprint density at radius 2 is 2.18 bits per heavy atom. The Balaban J connectivity index is 2.12. The number of aryl methyl sites for hydroxylation is 1. The van der Waals surface area contributed by atoms with Crippen molar-refractivity contribution in [2.24, 2.45) is 5.92 Å². The summed E-state index contributed by atoms with van der Waals surface area (Å²) in [4.78, 5) is 11.7. The second-order valence-corrected chi connectivity index (χ2v) is 6.50. The quantitative estimate of drug-likeness (QED) is 0.733. The third-order valence-corrected chi connectivity index (χ3v) is 4.45. The molecule has 2 rings (SSSR count). The van der Waals surface area contributed by atoms with Gasteiger partial charge in [-0.25, -0.2) is 4.39 Å². The zero-order valence-electron chi connectivity index (χ0n) is 9.47. The zero-order chi connectivity index (χ0) is 12.6. The zero-order valence-corrected chi connectivity index (χ0v) is 12.6. The van der Waals surface area contributed by atoms with Gasteiger partial charge in [0, 0.05) is 5.92 Å². The van der Waals surface area contributed by atoms with E-state index in [-0.39, 0.29) is 22.3 Å². The average Bonchev–Trinajstić information content (AvgIpc) is 3.08. The van der Waals surface area contributed by atoms with Crippen LogP contribution in [0.3, 0.4) is 0 Å². The first-order valence-corrected chi connectivity index (χ1v) is 7.32. The van der Waals surface area contributed by atoms with Gasteiger partial charge in [0.05, 0.1) is 9.30 Å². The minimum Gasteiger partial charge on any atom is -0.298 e. The van der Waals surface area contributed by atoms with Crippen LogP contribution in [0.2, 0.25) is 0 Å². The molecule has 1 aliphatic rings. The molecule has 0 bridgehead atoms. The number of ketones is 1. The molecule has 0 aromatic heterocycles. The maximum absolute atomic E-state index is 13.3. The van der Waals surface area contributed by atoms with Crippen LogP contribution in [0.5, 0.6) is 0 Å². The molecular weight excluding hydrogens is 351 g/mol. The van der Waals surface area contributed by atoms with Crippen molar-refractivity contribution in [2.45, 2.75) is 31.0 Å². The Bertz CT molecular complexity index is 455. The van der Waals surface area contributed by atoms with Gasteiger partial charge in [-0.15, -0.1) is 0 Å². The van der Waals surface area contributed by atoms with Crippen molar-refractivity contribution in [3.05, 3.63) is 33.5 Å². The van der Waals surface area contributed by atoms with Gasteiger partial charge in [-0.05, 0) is 65.4 Å². The average molecular weight is 364 g/mol. The van der Waals surface area contributed by atoms with Crippen LogP contribution in [0, 0.1) is 18.7 Å². The van der Waals surface area contributed by atoms with Gasteiger partial charge in [-0.3, -0.25) is 4.79 Å². The number of rotatable bonds is 4. The van der Waals surface area contributed by atoms with Gasteiger partial charge in [0.15, 0.2) is 0 Å². The molecule has 0 spiro atoms. The highest BCUT2D eigenvalue weighted by molar-refractivity contribution is 9.10. The van der Waals surface area contributed by atoms with Crippen LogP contribution in [-0.2, 0) is 11.2 Å². The van der Waals surface area contributed by atoms with Crippen molar-refractivity contribution in [1.82, 2.24) is 0 Å². The fraction of sp³-hybridized carbons (Fsp3) is 0.462. The predicted octanol–water partition coefficient (Wildman–Crippen LogP) is 4.18. The Hall–Kier alpha value is -0.220. The number of benzene rings is 1. The van der Waals surface area contributed by atoms with Gasteiger partial charge in [-0.2, -0.15) is 0 Å². The smallest absolute Gasteiger partial charge is 0.149 e. The summed E-state index contributed by atoms with van der Waals surface area (Å²) >= 11 is 6.61. The summed E-state index contributed by atoms with van der Waals surface area (Å²) in [5, 5.41) is 0. The fourth-order valence-corrected chi connectivity index (χ4v) is 2.94. The molecule has 1 nitrogen and oxygen atoms in total.